The molecule has 0 saturated heterocycles. The molecule has 100 valence electrons. The lowest BCUT2D eigenvalue weighted by Crippen LogP contribution is -2.33. The molecular weight excluding hydrogens is 222 g/mol. The first-order valence-electron chi connectivity index (χ1n) is 7.03. The van der Waals surface area contributed by atoms with Gasteiger partial charge in [-0.15, -0.1) is 0 Å². The summed E-state index contributed by atoms with van der Waals surface area (Å²) >= 11 is 0. The topological polar surface area (TPSA) is 21.3 Å². The largest absolute Gasteiger partial charge is 0.493 e. The lowest BCUT2D eigenvalue weighted by atomic mass is 9.87. The summed E-state index contributed by atoms with van der Waals surface area (Å²) in [5.41, 5.74) is 4.07. The van der Waals surface area contributed by atoms with Crippen LogP contribution in [0.2, 0.25) is 0 Å². The molecule has 1 aromatic rings. The molecule has 1 aromatic carbocycles. The van der Waals surface area contributed by atoms with Crippen LogP contribution in [0.4, 0.5) is 0 Å². The van der Waals surface area contributed by atoms with Crippen LogP contribution >= 0.6 is 0 Å². The summed E-state index contributed by atoms with van der Waals surface area (Å²) in [4.78, 5) is 0. The number of rotatable bonds is 3. The first-order valence-corrected chi connectivity index (χ1v) is 7.03. The van der Waals surface area contributed by atoms with Gasteiger partial charge in [-0.25, -0.2) is 0 Å². The van der Waals surface area contributed by atoms with E-state index in [0.717, 1.165) is 18.8 Å². The summed E-state index contributed by atoms with van der Waals surface area (Å²) in [5.74, 6) is 1.66. The van der Waals surface area contributed by atoms with E-state index in [0.29, 0.717) is 18.0 Å². The van der Waals surface area contributed by atoms with E-state index in [9.17, 15) is 0 Å². The molecule has 0 radical (unpaired) electrons. The Labute approximate surface area is 111 Å². The van der Waals surface area contributed by atoms with Crippen LogP contribution in [0.25, 0.3) is 0 Å². The molecule has 1 heterocycles. The lowest BCUT2D eigenvalue weighted by Gasteiger charge is -2.32. The Kier molecular flexibility index (Phi) is 3.96. The number of fused-ring (bicyclic) bond motifs is 1. The molecule has 1 atom stereocenters. The third-order valence-corrected chi connectivity index (χ3v) is 3.58. The van der Waals surface area contributed by atoms with E-state index in [4.69, 9.17) is 4.74 Å². The predicted molar refractivity (Wildman–Crippen MR) is 76.4 cm³/mol. The van der Waals surface area contributed by atoms with Gasteiger partial charge in [0, 0.05) is 24.1 Å². The number of aryl methyl sites for hydroxylation is 1. The second kappa shape index (κ2) is 5.31. The molecule has 0 saturated carbocycles. The van der Waals surface area contributed by atoms with Gasteiger partial charge < -0.3 is 10.1 Å². The second-order valence-electron chi connectivity index (χ2n) is 5.88. The minimum absolute atomic E-state index is 0.436. The number of hydrogen-bond donors (Lipinski definition) is 1. The van der Waals surface area contributed by atoms with Crippen LogP contribution in [0.3, 0.4) is 0 Å². The summed E-state index contributed by atoms with van der Waals surface area (Å²) in [6, 6.07) is 5.39. The van der Waals surface area contributed by atoms with E-state index in [2.05, 4.69) is 52.1 Å². The SMILES string of the molecule is Cc1ccc(C(C)C)c2c1OCCC2NC(C)C. The van der Waals surface area contributed by atoms with Crippen LogP contribution in [0, 0.1) is 6.92 Å². The first-order chi connectivity index (χ1) is 8.50. The van der Waals surface area contributed by atoms with E-state index in [-0.39, 0.29) is 0 Å². The van der Waals surface area contributed by atoms with Crippen molar-refractivity contribution >= 4 is 0 Å². The maximum Gasteiger partial charge on any atom is 0.127 e. The van der Waals surface area contributed by atoms with Crippen LogP contribution in [0.15, 0.2) is 12.1 Å². The van der Waals surface area contributed by atoms with Crippen molar-refractivity contribution in [1.82, 2.24) is 5.32 Å². The van der Waals surface area contributed by atoms with E-state index in [1.807, 2.05) is 0 Å². The Morgan fingerprint density at radius 1 is 1.22 bits per heavy atom. The summed E-state index contributed by atoms with van der Waals surface area (Å²) in [6.07, 6.45) is 1.06. The molecule has 0 bridgehead atoms. The number of ether oxygens (including phenoxy) is 1. The molecule has 0 amide bonds. The molecule has 1 aliphatic heterocycles. The Hall–Kier alpha value is -1.02. The summed E-state index contributed by atoms with van der Waals surface area (Å²) < 4.78 is 5.92. The van der Waals surface area contributed by atoms with Crippen molar-refractivity contribution in [2.75, 3.05) is 6.61 Å². The minimum atomic E-state index is 0.436. The van der Waals surface area contributed by atoms with E-state index in [1.54, 1.807) is 0 Å². The zero-order valence-electron chi connectivity index (χ0n) is 12.2. The van der Waals surface area contributed by atoms with Crippen LogP contribution < -0.4 is 10.1 Å². The smallest absolute Gasteiger partial charge is 0.127 e. The summed E-state index contributed by atoms with van der Waals surface area (Å²) in [5, 5.41) is 3.68. The molecule has 1 unspecified atom stereocenters. The monoisotopic (exact) mass is 247 g/mol. The molecule has 18 heavy (non-hydrogen) atoms. The van der Waals surface area contributed by atoms with E-state index >= 15 is 0 Å². The van der Waals surface area contributed by atoms with E-state index in [1.165, 1.54) is 16.7 Å². The van der Waals surface area contributed by atoms with Crippen LogP contribution in [-0.4, -0.2) is 12.6 Å². The minimum Gasteiger partial charge on any atom is -0.493 e. The third kappa shape index (κ3) is 2.54. The van der Waals surface area contributed by atoms with Gasteiger partial charge in [0.1, 0.15) is 5.75 Å². The van der Waals surface area contributed by atoms with Crippen LogP contribution in [0.1, 0.15) is 62.8 Å². The normalized spacial score (nSPS) is 18.9. The zero-order valence-corrected chi connectivity index (χ0v) is 12.2. The molecule has 0 aliphatic carbocycles. The quantitative estimate of drug-likeness (QED) is 0.873. The van der Waals surface area contributed by atoms with Crippen LogP contribution in [-0.2, 0) is 0 Å². The van der Waals surface area contributed by atoms with Gasteiger partial charge in [0.25, 0.3) is 0 Å². The fourth-order valence-corrected chi connectivity index (χ4v) is 2.77. The summed E-state index contributed by atoms with van der Waals surface area (Å²) in [7, 11) is 0. The number of benzene rings is 1. The van der Waals surface area contributed by atoms with Crippen molar-refractivity contribution in [3.8, 4) is 5.75 Å². The molecule has 0 spiro atoms. The standard InChI is InChI=1S/C16H25NO/c1-10(2)13-7-6-12(5)16-15(13)14(8-9-18-16)17-11(3)4/h6-7,10-11,14,17H,8-9H2,1-5H3. The Morgan fingerprint density at radius 2 is 1.94 bits per heavy atom. The van der Waals surface area contributed by atoms with Crippen molar-refractivity contribution in [1.29, 1.82) is 0 Å². The molecule has 0 aromatic heterocycles. The zero-order chi connectivity index (χ0) is 13.3. The average Bonchev–Trinajstić information content (AvgIpc) is 2.29. The van der Waals surface area contributed by atoms with Crippen molar-refractivity contribution in [3.05, 3.63) is 28.8 Å². The Balaban J connectivity index is 2.48. The number of hydrogen-bond acceptors (Lipinski definition) is 2. The highest BCUT2D eigenvalue weighted by Gasteiger charge is 2.26. The van der Waals surface area contributed by atoms with Gasteiger partial charge >= 0.3 is 0 Å². The van der Waals surface area contributed by atoms with E-state index < -0.39 is 0 Å². The fraction of sp³-hybridized carbons (Fsp3) is 0.625. The average molecular weight is 247 g/mol. The van der Waals surface area contributed by atoms with Gasteiger partial charge in [0.15, 0.2) is 0 Å². The number of nitrogens with one attached hydrogen (secondary N) is 1. The molecule has 2 rings (SSSR count). The van der Waals surface area contributed by atoms with Crippen molar-refractivity contribution < 1.29 is 4.74 Å². The first kappa shape index (κ1) is 13.4. The second-order valence-corrected chi connectivity index (χ2v) is 5.88. The fourth-order valence-electron chi connectivity index (χ4n) is 2.77. The highest BCUT2D eigenvalue weighted by atomic mass is 16.5. The van der Waals surface area contributed by atoms with Gasteiger partial charge in [-0.3, -0.25) is 0 Å². The molecule has 1 aliphatic rings. The van der Waals surface area contributed by atoms with Crippen molar-refractivity contribution in [2.45, 2.75) is 59.0 Å². The highest BCUT2D eigenvalue weighted by molar-refractivity contribution is 5.50. The maximum atomic E-state index is 5.92. The molecule has 2 nitrogen and oxygen atoms in total. The molecule has 0 fully saturated rings. The van der Waals surface area contributed by atoms with Crippen molar-refractivity contribution in [3.63, 3.8) is 0 Å². The Bertz CT molecular complexity index is 423. The van der Waals surface area contributed by atoms with Crippen LogP contribution in [0.5, 0.6) is 5.75 Å². The molecule has 2 heteroatoms. The molecule has 1 N–H and O–H groups in total. The predicted octanol–water partition coefficient (Wildman–Crippen LogP) is 3.94. The maximum absolute atomic E-state index is 5.92. The summed E-state index contributed by atoms with van der Waals surface area (Å²) in [6.45, 7) is 11.9. The lowest BCUT2D eigenvalue weighted by molar-refractivity contribution is 0.244. The molecular formula is C16H25NO. The van der Waals surface area contributed by atoms with Gasteiger partial charge in [-0.05, 0) is 24.0 Å². The van der Waals surface area contributed by atoms with Gasteiger partial charge in [-0.2, -0.15) is 0 Å². The highest BCUT2D eigenvalue weighted by Crippen LogP contribution is 2.40. The van der Waals surface area contributed by atoms with Crippen molar-refractivity contribution in [2.24, 2.45) is 0 Å². The third-order valence-electron chi connectivity index (χ3n) is 3.58. The Morgan fingerprint density at radius 3 is 2.56 bits per heavy atom. The van der Waals surface area contributed by atoms with Gasteiger partial charge in [0.05, 0.1) is 6.61 Å². The van der Waals surface area contributed by atoms with Gasteiger partial charge in [-0.1, -0.05) is 39.8 Å². The van der Waals surface area contributed by atoms with Gasteiger partial charge in [0.2, 0.25) is 0 Å².